The lowest BCUT2D eigenvalue weighted by Crippen LogP contribution is -2.50. The number of nitrogens with zero attached hydrogens (tertiary/aromatic N) is 1. The summed E-state index contributed by atoms with van der Waals surface area (Å²) in [6, 6.07) is 2.91. The molecule has 20 heavy (non-hydrogen) atoms. The Hall–Kier alpha value is -0.630. The van der Waals surface area contributed by atoms with Crippen molar-refractivity contribution < 1.29 is 9.47 Å². The maximum absolute atomic E-state index is 9.61. The Kier molecular flexibility index (Phi) is 5.83. The van der Waals surface area contributed by atoms with Crippen LogP contribution in [0.3, 0.4) is 0 Å². The van der Waals surface area contributed by atoms with E-state index in [9.17, 15) is 5.26 Å². The third-order valence-corrected chi connectivity index (χ3v) is 4.55. The first-order valence-electron chi connectivity index (χ1n) is 8.04. The van der Waals surface area contributed by atoms with Crippen molar-refractivity contribution in [2.24, 2.45) is 5.92 Å². The van der Waals surface area contributed by atoms with Gasteiger partial charge in [-0.3, -0.25) is 5.32 Å². The van der Waals surface area contributed by atoms with Crippen LogP contribution < -0.4 is 5.32 Å². The second-order valence-corrected chi connectivity index (χ2v) is 6.44. The lowest BCUT2D eigenvalue weighted by Gasteiger charge is -2.32. The molecule has 0 bridgehead atoms. The molecule has 2 atom stereocenters. The van der Waals surface area contributed by atoms with Crippen molar-refractivity contribution in [2.45, 2.75) is 70.1 Å². The maximum Gasteiger partial charge on any atom is 0.109 e. The van der Waals surface area contributed by atoms with E-state index in [0.717, 1.165) is 58.3 Å². The molecule has 0 aromatic rings. The monoisotopic (exact) mass is 280 g/mol. The van der Waals surface area contributed by atoms with E-state index >= 15 is 0 Å². The van der Waals surface area contributed by atoms with Gasteiger partial charge < -0.3 is 9.47 Å². The van der Waals surface area contributed by atoms with Gasteiger partial charge in [0.15, 0.2) is 0 Å². The van der Waals surface area contributed by atoms with Crippen LogP contribution in [0, 0.1) is 17.2 Å². The summed E-state index contributed by atoms with van der Waals surface area (Å²) in [4.78, 5) is 0. The minimum Gasteiger partial charge on any atom is -0.381 e. The van der Waals surface area contributed by atoms with Crippen molar-refractivity contribution in [3.63, 3.8) is 0 Å². The molecule has 1 heterocycles. The van der Waals surface area contributed by atoms with E-state index in [1.807, 2.05) is 0 Å². The summed E-state index contributed by atoms with van der Waals surface area (Å²) in [6.45, 7) is 6.66. The van der Waals surface area contributed by atoms with Crippen molar-refractivity contribution in [3.8, 4) is 6.07 Å². The Balaban J connectivity index is 1.79. The minimum absolute atomic E-state index is 0.326. The molecule has 1 aliphatic heterocycles. The average Bonchev–Trinajstić information content (AvgIpc) is 2.83. The highest BCUT2D eigenvalue weighted by Crippen LogP contribution is 2.38. The number of hydrogen-bond donors (Lipinski definition) is 1. The van der Waals surface area contributed by atoms with Crippen molar-refractivity contribution >= 4 is 0 Å². The molecule has 1 saturated heterocycles. The van der Waals surface area contributed by atoms with Crippen LogP contribution in [0.1, 0.15) is 52.4 Å². The average molecular weight is 280 g/mol. The van der Waals surface area contributed by atoms with Crippen molar-refractivity contribution in [1.29, 1.82) is 5.26 Å². The van der Waals surface area contributed by atoms with Gasteiger partial charge in [0.05, 0.1) is 12.2 Å². The molecule has 1 N–H and O–H groups in total. The van der Waals surface area contributed by atoms with E-state index in [1.54, 1.807) is 0 Å². The predicted octanol–water partition coefficient (Wildman–Crippen LogP) is 2.63. The van der Waals surface area contributed by atoms with E-state index in [-0.39, 0.29) is 5.54 Å². The molecule has 114 valence electrons. The topological polar surface area (TPSA) is 54.3 Å². The van der Waals surface area contributed by atoms with Crippen molar-refractivity contribution in [2.75, 3.05) is 19.8 Å². The van der Waals surface area contributed by atoms with Gasteiger partial charge in [-0.25, -0.2) is 0 Å². The van der Waals surface area contributed by atoms with Crippen LogP contribution in [0.4, 0.5) is 0 Å². The van der Waals surface area contributed by atoms with Crippen LogP contribution in [0.2, 0.25) is 0 Å². The molecule has 0 aromatic carbocycles. The van der Waals surface area contributed by atoms with Gasteiger partial charge in [-0.15, -0.1) is 0 Å². The summed E-state index contributed by atoms with van der Waals surface area (Å²) in [5.41, 5.74) is -0.326. The van der Waals surface area contributed by atoms with Crippen molar-refractivity contribution in [1.82, 2.24) is 5.32 Å². The highest BCUT2D eigenvalue weighted by atomic mass is 16.5. The minimum atomic E-state index is -0.326. The highest BCUT2D eigenvalue weighted by Gasteiger charge is 2.43. The molecule has 1 saturated carbocycles. The van der Waals surface area contributed by atoms with Gasteiger partial charge in [0.2, 0.25) is 0 Å². The molecule has 1 aliphatic carbocycles. The summed E-state index contributed by atoms with van der Waals surface area (Å²) in [5.74, 6) is 0.426. The Morgan fingerprint density at radius 3 is 2.75 bits per heavy atom. The normalized spacial score (nSPS) is 31.6. The summed E-state index contributed by atoms with van der Waals surface area (Å²) in [6.07, 6.45) is 6.64. The predicted molar refractivity (Wildman–Crippen MR) is 78.4 cm³/mol. The van der Waals surface area contributed by atoms with Gasteiger partial charge in [-0.2, -0.15) is 5.26 Å². The zero-order valence-corrected chi connectivity index (χ0v) is 12.9. The molecular weight excluding hydrogens is 252 g/mol. The summed E-state index contributed by atoms with van der Waals surface area (Å²) in [5, 5.41) is 13.1. The number of ether oxygens (including phenoxy) is 2. The third kappa shape index (κ3) is 3.94. The number of nitriles is 1. The lowest BCUT2D eigenvalue weighted by atomic mass is 9.85. The smallest absolute Gasteiger partial charge is 0.109 e. The molecule has 0 spiro atoms. The summed E-state index contributed by atoms with van der Waals surface area (Å²) < 4.78 is 11.3. The zero-order valence-electron chi connectivity index (χ0n) is 12.9. The lowest BCUT2D eigenvalue weighted by molar-refractivity contribution is -0.0364. The van der Waals surface area contributed by atoms with Crippen LogP contribution in [0.5, 0.6) is 0 Å². The fourth-order valence-electron chi connectivity index (χ4n) is 3.57. The molecular formula is C16H28N2O2. The molecule has 0 amide bonds. The second-order valence-electron chi connectivity index (χ2n) is 6.44. The molecule has 0 aromatic heterocycles. The Morgan fingerprint density at radius 1 is 1.35 bits per heavy atom. The van der Waals surface area contributed by atoms with Gasteiger partial charge >= 0.3 is 0 Å². The first-order chi connectivity index (χ1) is 9.66. The molecule has 2 fully saturated rings. The van der Waals surface area contributed by atoms with Crippen LogP contribution >= 0.6 is 0 Å². The summed E-state index contributed by atoms with van der Waals surface area (Å²) in [7, 11) is 0. The van der Waals surface area contributed by atoms with Crippen LogP contribution in [0.25, 0.3) is 0 Å². The zero-order chi connectivity index (χ0) is 14.4. The Bertz CT molecular complexity index is 334. The Labute approximate surface area is 122 Å². The molecule has 4 heteroatoms. The van der Waals surface area contributed by atoms with Crippen LogP contribution in [-0.4, -0.2) is 37.5 Å². The number of rotatable bonds is 6. The first kappa shape index (κ1) is 15.8. The van der Waals surface area contributed by atoms with E-state index < -0.39 is 0 Å². The maximum atomic E-state index is 9.61. The fraction of sp³-hybridized carbons (Fsp3) is 0.938. The molecule has 2 rings (SSSR count). The number of hydrogen-bond acceptors (Lipinski definition) is 4. The van der Waals surface area contributed by atoms with Gasteiger partial charge in [-0.1, -0.05) is 6.42 Å². The highest BCUT2D eigenvalue weighted by molar-refractivity contribution is 5.14. The van der Waals surface area contributed by atoms with E-state index in [2.05, 4.69) is 25.2 Å². The Morgan fingerprint density at radius 2 is 2.10 bits per heavy atom. The van der Waals surface area contributed by atoms with E-state index in [0.29, 0.717) is 18.1 Å². The molecule has 4 nitrogen and oxygen atoms in total. The largest absolute Gasteiger partial charge is 0.381 e. The van der Waals surface area contributed by atoms with Gasteiger partial charge in [0.25, 0.3) is 0 Å². The molecule has 2 unspecified atom stereocenters. The molecule has 0 radical (unpaired) electrons. The SMILES string of the molecule is CC(C)NC1(C#N)CCCC1CCOC1CCOCC1. The van der Waals surface area contributed by atoms with Gasteiger partial charge in [-0.05, 0) is 51.9 Å². The van der Waals surface area contributed by atoms with Gasteiger partial charge in [0.1, 0.15) is 5.54 Å². The quantitative estimate of drug-likeness (QED) is 0.812. The van der Waals surface area contributed by atoms with Crippen molar-refractivity contribution in [3.05, 3.63) is 0 Å². The standard InChI is InChI=1S/C16H28N2O2/c1-13(2)18-16(12-17)8-3-4-14(16)5-11-20-15-6-9-19-10-7-15/h13-15,18H,3-11H2,1-2H3. The third-order valence-electron chi connectivity index (χ3n) is 4.55. The summed E-state index contributed by atoms with van der Waals surface area (Å²) >= 11 is 0. The van der Waals surface area contributed by atoms with Crippen LogP contribution in [0.15, 0.2) is 0 Å². The number of nitrogens with one attached hydrogen (secondary N) is 1. The second kappa shape index (κ2) is 7.40. The van der Waals surface area contributed by atoms with Crippen LogP contribution in [-0.2, 0) is 9.47 Å². The molecule has 2 aliphatic rings. The van der Waals surface area contributed by atoms with Gasteiger partial charge in [0, 0.05) is 25.9 Å². The first-order valence-corrected chi connectivity index (χ1v) is 8.04. The van der Waals surface area contributed by atoms with E-state index in [4.69, 9.17) is 9.47 Å². The fourth-order valence-corrected chi connectivity index (χ4v) is 3.57. The van der Waals surface area contributed by atoms with E-state index in [1.165, 1.54) is 0 Å².